The lowest BCUT2D eigenvalue weighted by Crippen LogP contribution is -2.33. The van der Waals surface area contributed by atoms with Gasteiger partial charge in [0.25, 0.3) is 5.91 Å². The second-order valence-corrected chi connectivity index (χ2v) is 7.43. The van der Waals surface area contributed by atoms with Crippen molar-refractivity contribution < 1.29 is 9.90 Å². The molecule has 0 bridgehead atoms. The quantitative estimate of drug-likeness (QED) is 0.716. The molecule has 1 N–H and O–H groups in total. The first-order valence-electron chi connectivity index (χ1n) is 9.77. The molecule has 1 aromatic carbocycles. The number of aromatic nitrogens is 2. The Morgan fingerprint density at radius 3 is 2.79 bits per heavy atom. The molecular weight excluding hydrogens is 352 g/mol. The smallest absolute Gasteiger partial charge is 0.274 e. The van der Waals surface area contributed by atoms with Crippen LogP contribution >= 0.6 is 0 Å². The zero-order valence-electron chi connectivity index (χ0n) is 16.2. The first-order valence-corrected chi connectivity index (χ1v) is 9.77. The third kappa shape index (κ3) is 3.66. The van der Waals surface area contributed by atoms with Gasteiger partial charge < -0.3 is 14.4 Å². The van der Waals surface area contributed by atoms with E-state index in [1.54, 1.807) is 4.90 Å². The van der Waals surface area contributed by atoms with Crippen LogP contribution < -0.4 is 0 Å². The lowest BCUT2D eigenvalue weighted by molar-refractivity contribution is 0.0776. The Hall–Kier alpha value is -2.70. The van der Waals surface area contributed by atoms with E-state index in [4.69, 9.17) is 0 Å². The number of fused-ring (bicyclic) bond motifs is 1. The Morgan fingerprint density at radius 2 is 2.00 bits per heavy atom. The summed E-state index contributed by atoms with van der Waals surface area (Å²) in [6, 6.07) is 15.9. The zero-order chi connectivity index (χ0) is 19.5. The van der Waals surface area contributed by atoms with Crippen LogP contribution in [0, 0.1) is 0 Å². The lowest BCUT2D eigenvalue weighted by Gasteiger charge is -2.23. The standard InChI is InChI=1S/C22H26N4O2/c1-24(14-17-8-3-2-4-9-17)22(28)21-19(15-25-12-7-10-18(25)16-27)26-13-6-5-11-20(26)23-21/h2-6,8-9,11,13,18,27H,7,10,12,14-16H2,1H3/t18-/m0/s1. The van der Waals surface area contributed by atoms with Gasteiger partial charge in [-0.15, -0.1) is 0 Å². The Kier molecular flexibility index (Phi) is 5.41. The molecule has 6 nitrogen and oxygen atoms in total. The molecular formula is C22H26N4O2. The Morgan fingerprint density at radius 1 is 1.21 bits per heavy atom. The van der Waals surface area contributed by atoms with Gasteiger partial charge >= 0.3 is 0 Å². The van der Waals surface area contributed by atoms with Crippen molar-refractivity contribution in [2.24, 2.45) is 0 Å². The fourth-order valence-corrected chi connectivity index (χ4v) is 3.98. The highest BCUT2D eigenvalue weighted by Gasteiger charge is 2.28. The van der Waals surface area contributed by atoms with E-state index >= 15 is 0 Å². The number of nitrogens with zero attached hydrogens (tertiary/aromatic N) is 4. The number of pyridine rings is 1. The van der Waals surface area contributed by atoms with E-state index in [1.165, 1.54) is 0 Å². The molecule has 3 aromatic rings. The molecule has 0 aliphatic carbocycles. The highest BCUT2D eigenvalue weighted by atomic mass is 16.3. The topological polar surface area (TPSA) is 61.1 Å². The molecule has 2 aromatic heterocycles. The van der Waals surface area contributed by atoms with Crippen molar-refractivity contribution in [3.63, 3.8) is 0 Å². The number of benzene rings is 1. The first-order chi connectivity index (χ1) is 13.7. The number of likely N-dealkylation sites (tertiary alicyclic amines) is 1. The molecule has 28 heavy (non-hydrogen) atoms. The summed E-state index contributed by atoms with van der Waals surface area (Å²) in [5.74, 6) is -0.0812. The predicted molar refractivity (Wildman–Crippen MR) is 108 cm³/mol. The summed E-state index contributed by atoms with van der Waals surface area (Å²) in [5.41, 5.74) is 3.24. The zero-order valence-corrected chi connectivity index (χ0v) is 16.2. The summed E-state index contributed by atoms with van der Waals surface area (Å²) in [6.45, 7) is 2.22. The number of rotatable bonds is 6. The molecule has 0 spiro atoms. The molecule has 146 valence electrons. The third-order valence-electron chi connectivity index (χ3n) is 5.50. The number of carbonyl (C=O) groups is 1. The van der Waals surface area contributed by atoms with Crippen molar-refractivity contribution >= 4 is 11.6 Å². The number of aliphatic hydroxyl groups excluding tert-OH is 1. The molecule has 1 aliphatic heterocycles. The van der Waals surface area contributed by atoms with Gasteiger partial charge in [-0.25, -0.2) is 4.98 Å². The van der Waals surface area contributed by atoms with Crippen LogP contribution in [-0.2, 0) is 13.1 Å². The number of aliphatic hydroxyl groups is 1. The van der Waals surface area contributed by atoms with Crippen LogP contribution in [0.4, 0.5) is 0 Å². The molecule has 4 rings (SSSR count). The van der Waals surface area contributed by atoms with Crippen molar-refractivity contribution in [3.8, 4) is 0 Å². The second-order valence-electron chi connectivity index (χ2n) is 7.43. The summed E-state index contributed by atoms with van der Waals surface area (Å²) >= 11 is 0. The van der Waals surface area contributed by atoms with Gasteiger partial charge in [-0.05, 0) is 37.1 Å². The van der Waals surface area contributed by atoms with E-state index in [0.29, 0.717) is 18.8 Å². The van der Waals surface area contributed by atoms with Crippen LogP contribution in [0.25, 0.3) is 5.65 Å². The van der Waals surface area contributed by atoms with Crippen LogP contribution in [-0.4, -0.2) is 56.4 Å². The number of amides is 1. The molecule has 6 heteroatoms. The summed E-state index contributed by atoms with van der Waals surface area (Å²) in [5, 5.41) is 9.67. The van der Waals surface area contributed by atoms with Crippen LogP contribution in [0.5, 0.6) is 0 Å². The van der Waals surface area contributed by atoms with E-state index in [2.05, 4.69) is 9.88 Å². The Labute approximate surface area is 165 Å². The summed E-state index contributed by atoms with van der Waals surface area (Å²) < 4.78 is 2.00. The minimum atomic E-state index is -0.0812. The predicted octanol–water partition coefficient (Wildman–Crippen LogP) is 2.56. The fourth-order valence-electron chi connectivity index (χ4n) is 3.98. The Bertz CT molecular complexity index is 954. The van der Waals surface area contributed by atoms with Gasteiger partial charge in [0.2, 0.25) is 0 Å². The van der Waals surface area contributed by atoms with E-state index < -0.39 is 0 Å². The van der Waals surface area contributed by atoms with Gasteiger partial charge in [-0.1, -0.05) is 36.4 Å². The summed E-state index contributed by atoms with van der Waals surface area (Å²) in [7, 11) is 1.81. The van der Waals surface area contributed by atoms with Crippen LogP contribution in [0.3, 0.4) is 0 Å². The second kappa shape index (κ2) is 8.12. The van der Waals surface area contributed by atoms with Gasteiger partial charge in [0.15, 0.2) is 5.69 Å². The van der Waals surface area contributed by atoms with Crippen molar-refractivity contribution in [2.75, 3.05) is 20.2 Å². The number of carbonyl (C=O) groups excluding carboxylic acids is 1. The van der Waals surface area contributed by atoms with Gasteiger partial charge in [0, 0.05) is 32.4 Å². The third-order valence-corrected chi connectivity index (χ3v) is 5.50. The molecule has 1 amide bonds. The van der Waals surface area contributed by atoms with E-state index in [-0.39, 0.29) is 18.6 Å². The first kappa shape index (κ1) is 18.7. The molecule has 3 heterocycles. The average molecular weight is 378 g/mol. The normalized spacial score (nSPS) is 17.3. The SMILES string of the molecule is CN(Cc1ccccc1)C(=O)c1nc2ccccn2c1CN1CCC[C@H]1CO. The minimum Gasteiger partial charge on any atom is -0.395 e. The molecule has 1 saturated heterocycles. The van der Waals surface area contributed by atoms with Crippen LogP contribution in [0.2, 0.25) is 0 Å². The average Bonchev–Trinajstić information content (AvgIpc) is 3.33. The number of hydrogen-bond donors (Lipinski definition) is 1. The van der Waals surface area contributed by atoms with Gasteiger partial charge in [-0.3, -0.25) is 9.69 Å². The Balaban J connectivity index is 1.65. The maximum atomic E-state index is 13.2. The van der Waals surface area contributed by atoms with Crippen molar-refractivity contribution in [3.05, 3.63) is 71.7 Å². The molecule has 0 unspecified atom stereocenters. The molecule has 0 saturated carbocycles. The van der Waals surface area contributed by atoms with Gasteiger partial charge in [0.1, 0.15) is 5.65 Å². The van der Waals surface area contributed by atoms with Gasteiger partial charge in [0.05, 0.1) is 12.3 Å². The summed E-state index contributed by atoms with van der Waals surface area (Å²) in [6.07, 6.45) is 4.01. The number of hydrogen-bond acceptors (Lipinski definition) is 4. The number of imidazole rings is 1. The monoisotopic (exact) mass is 378 g/mol. The van der Waals surface area contributed by atoms with Crippen molar-refractivity contribution in [2.45, 2.75) is 32.0 Å². The van der Waals surface area contributed by atoms with Crippen LogP contribution in [0.15, 0.2) is 54.7 Å². The lowest BCUT2D eigenvalue weighted by atomic mass is 10.2. The van der Waals surface area contributed by atoms with Crippen molar-refractivity contribution in [1.29, 1.82) is 0 Å². The summed E-state index contributed by atoms with van der Waals surface area (Å²) in [4.78, 5) is 21.9. The highest BCUT2D eigenvalue weighted by Crippen LogP contribution is 2.23. The van der Waals surface area contributed by atoms with E-state index in [0.717, 1.165) is 36.3 Å². The van der Waals surface area contributed by atoms with Crippen molar-refractivity contribution in [1.82, 2.24) is 19.2 Å². The van der Waals surface area contributed by atoms with E-state index in [1.807, 2.05) is 66.2 Å². The minimum absolute atomic E-state index is 0.0812. The maximum absolute atomic E-state index is 13.2. The van der Waals surface area contributed by atoms with Crippen LogP contribution in [0.1, 0.15) is 34.6 Å². The molecule has 1 fully saturated rings. The van der Waals surface area contributed by atoms with Gasteiger partial charge in [-0.2, -0.15) is 0 Å². The molecule has 0 radical (unpaired) electrons. The molecule has 1 atom stereocenters. The molecule has 1 aliphatic rings. The maximum Gasteiger partial charge on any atom is 0.274 e. The highest BCUT2D eigenvalue weighted by molar-refractivity contribution is 5.94. The van der Waals surface area contributed by atoms with E-state index in [9.17, 15) is 9.90 Å². The fraction of sp³-hybridized carbons (Fsp3) is 0.364. The largest absolute Gasteiger partial charge is 0.395 e.